The SMILES string of the molecule is Cc1cccc(C(=N)N)c1OCC(C)C. The van der Waals surface area contributed by atoms with Crippen LogP contribution >= 0.6 is 0 Å². The summed E-state index contributed by atoms with van der Waals surface area (Å²) in [6, 6.07) is 5.65. The number of hydrogen-bond donors (Lipinski definition) is 2. The van der Waals surface area contributed by atoms with Gasteiger partial charge in [0.25, 0.3) is 0 Å². The molecular formula is C12H18N2O. The first kappa shape index (κ1) is 11.6. The van der Waals surface area contributed by atoms with Gasteiger partial charge in [0, 0.05) is 0 Å². The van der Waals surface area contributed by atoms with E-state index in [4.69, 9.17) is 15.9 Å². The molecule has 3 nitrogen and oxygen atoms in total. The average molecular weight is 206 g/mol. The van der Waals surface area contributed by atoms with Gasteiger partial charge in [-0.3, -0.25) is 5.41 Å². The van der Waals surface area contributed by atoms with Crippen molar-refractivity contribution in [2.45, 2.75) is 20.8 Å². The molecule has 0 fully saturated rings. The lowest BCUT2D eigenvalue weighted by atomic mass is 10.1. The highest BCUT2D eigenvalue weighted by molar-refractivity contribution is 5.98. The third-order valence-electron chi connectivity index (χ3n) is 2.06. The summed E-state index contributed by atoms with van der Waals surface area (Å²) in [5.41, 5.74) is 7.19. The van der Waals surface area contributed by atoms with Gasteiger partial charge < -0.3 is 10.5 Å². The molecule has 0 aliphatic heterocycles. The van der Waals surface area contributed by atoms with E-state index in [2.05, 4.69) is 13.8 Å². The van der Waals surface area contributed by atoms with Crippen LogP contribution in [0.3, 0.4) is 0 Å². The van der Waals surface area contributed by atoms with Crippen molar-refractivity contribution < 1.29 is 4.74 Å². The van der Waals surface area contributed by atoms with Gasteiger partial charge in [0.15, 0.2) is 0 Å². The van der Waals surface area contributed by atoms with E-state index in [1.54, 1.807) is 0 Å². The molecule has 0 aliphatic carbocycles. The first-order valence-electron chi connectivity index (χ1n) is 5.09. The van der Waals surface area contributed by atoms with Crippen molar-refractivity contribution >= 4 is 5.84 Å². The van der Waals surface area contributed by atoms with E-state index in [-0.39, 0.29) is 5.84 Å². The molecule has 1 aromatic rings. The minimum atomic E-state index is 0.0532. The molecule has 0 heterocycles. The fourth-order valence-electron chi connectivity index (χ4n) is 1.31. The second kappa shape index (κ2) is 4.82. The molecule has 0 aromatic heterocycles. The zero-order valence-electron chi connectivity index (χ0n) is 9.50. The summed E-state index contributed by atoms with van der Waals surface area (Å²) in [5, 5.41) is 7.46. The molecule has 0 radical (unpaired) electrons. The third kappa shape index (κ3) is 2.98. The second-order valence-corrected chi connectivity index (χ2v) is 4.07. The summed E-state index contributed by atoms with van der Waals surface area (Å²) < 4.78 is 5.67. The summed E-state index contributed by atoms with van der Waals surface area (Å²) in [6.45, 7) is 6.78. The summed E-state index contributed by atoms with van der Waals surface area (Å²) >= 11 is 0. The van der Waals surface area contributed by atoms with Gasteiger partial charge in [-0.05, 0) is 24.5 Å². The van der Waals surface area contributed by atoms with Gasteiger partial charge in [-0.15, -0.1) is 0 Å². The minimum absolute atomic E-state index is 0.0532. The Balaban J connectivity index is 2.97. The largest absolute Gasteiger partial charge is 0.492 e. The van der Waals surface area contributed by atoms with Crippen LogP contribution < -0.4 is 10.5 Å². The zero-order valence-corrected chi connectivity index (χ0v) is 9.50. The molecule has 0 saturated heterocycles. The van der Waals surface area contributed by atoms with Crippen molar-refractivity contribution in [1.82, 2.24) is 0 Å². The van der Waals surface area contributed by atoms with E-state index in [0.29, 0.717) is 18.1 Å². The molecule has 0 bridgehead atoms. The molecule has 15 heavy (non-hydrogen) atoms. The van der Waals surface area contributed by atoms with Crippen LogP contribution in [-0.2, 0) is 0 Å². The van der Waals surface area contributed by atoms with Crippen LogP contribution in [0.4, 0.5) is 0 Å². The Hall–Kier alpha value is -1.51. The number of rotatable bonds is 4. The van der Waals surface area contributed by atoms with Gasteiger partial charge in [0.2, 0.25) is 0 Å². The fraction of sp³-hybridized carbons (Fsp3) is 0.417. The zero-order chi connectivity index (χ0) is 11.4. The maximum absolute atomic E-state index is 7.46. The minimum Gasteiger partial charge on any atom is -0.492 e. The predicted octanol–water partition coefficient (Wildman–Crippen LogP) is 2.31. The second-order valence-electron chi connectivity index (χ2n) is 4.07. The maximum atomic E-state index is 7.46. The Kier molecular flexibility index (Phi) is 3.72. The van der Waals surface area contributed by atoms with Gasteiger partial charge >= 0.3 is 0 Å². The predicted molar refractivity (Wildman–Crippen MR) is 62.5 cm³/mol. The number of nitrogens with two attached hydrogens (primary N) is 1. The maximum Gasteiger partial charge on any atom is 0.133 e. The molecule has 0 spiro atoms. The van der Waals surface area contributed by atoms with Crippen molar-refractivity contribution in [2.75, 3.05) is 6.61 Å². The number of hydrogen-bond acceptors (Lipinski definition) is 2. The number of nitrogens with one attached hydrogen (secondary N) is 1. The van der Waals surface area contributed by atoms with Crippen molar-refractivity contribution in [2.24, 2.45) is 11.7 Å². The Morgan fingerprint density at radius 1 is 1.47 bits per heavy atom. The molecule has 0 aliphatic rings. The number of para-hydroxylation sites is 1. The number of aryl methyl sites for hydroxylation is 1. The molecule has 0 unspecified atom stereocenters. The highest BCUT2D eigenvalue weighted by Gasteiger charge is 2.09. The molecule has 0 atom stereocenters. The molecule has 82 valence electrons. The first-order chi connectivity index (χ1) is 7.02. The van der Waals surface area contributed by atoms with E-state index in [1.807, 2.05) is 25.1 Å². The van der Waals surface area contributed by atoms with Gasteiger partial charge in [-0.2, -0.15) is 0 Å². The molecule has 3 heteroatoms. The molecule has 1 rings (SSSR count). The summed E-state index contributed by atoms with van der Waals surface area (Å²) in [6.07, 6.45) is 0. The molecule has 1 aromatic carbocycles. The van der Waals surface area contributed by atoms with Gasteiger partial charge in [-0.1, -0.05) is 26.0 Å². The normalized spacial score (nSPS) is 10.4. The van der Waals surface area contributed by atoms with Crippen LogP contribution in [0.15, 0.2) is 18.2 Å². The quantitative estimate of drug-likeness (QED) is 0.586. The van der Waals surface area contributed by atoms with E-state index >= 15 is 0 Å². The van der Waals surface area contributed by atoms with E-state index in [1.165, 1.54) is 0 Å². The Labute approximate surface area is 90.8 Å². The Morgan fingerprint density at radius 2 is 2.13 bits per heavy atom. The number of amidine groups is 1. The molecule has 0 saturated carbocycles. The van der Waals surface area contributed by atoms with Crippen molar-refractivity contribution in [3.63, 3.8) is 0 Å². The lowest BCUT2D eigenvalue weighted by Crippen LogP contribution is -2.15. The van der Waals surface area contributed by atoms with Gasteiger partial charge in [-0.25, -0.2) is 0 Å². The third-order valence-corrected chi connectivity index (χ3v) is 2.06. The van der Waals surface area contributed by atoms with Crippen molar-refractivity contribution in [1.29, 1.82) is 5.41 Å². The summed E-state index contributed by atoms with van der Waals surface area (Å²) in [5.74, 6) is 1.25. The Morgan fingerprint density at radius 3 is 2.67 bits per heavy atom. The van der Waals surface area contributed by atoms with Crippen LogP contribution in [0.2, 0.25) is 0 Å². The highest BCUT2D eigenvalue weighted by Crippen LogP contribution is 2.23. The van der Waals surface area contributed by atoms with Crippen LogP contribution in [-0.4, -0.2) is 12.4 Å². The van der Waals surface area contributed by atoms with Crippen molar-refractivity contribution in [3.8, 4) is 5.75 Å². The van der Waals surface area contributed by atoms with Crippen molar-refractivity contribution in [3.05, 3.63) is 29.3 Å². The van der Waals surface area contributed by atoms with Gasteiger partial charge in [0.1, 0.15) is 11.6 Å². The van der Waals surface area contributed by atoms with Crippen LogP contribution in [0, 0.1) is 18.3 Å². The smallest absolute Gasteiger partial charge is 0.133 e. The number of ether oxygens (including phenoxy) is 1. The standard InChI is InChI=1S/C12H18N2O/c1-8(2)7-15-11-9(3)5-4-6-10(11)12(13)14/h4-6,8H,7H2,1-3H3,(H3,13,14). The van der Waals surface area contributed by atoms with E-state index in [0.717, 1.165) is 11.3 Å². The Bertz CT molecular complexity index is 359. The highest BCUT2D eigenvalue weighted by atomic mass is 16.5. The van der Waals surface area contributed by atoms with Crippen LogP contribution in [0.1, 0.15) is 25.0 Å². The summed E-state index contributed by atoms with van der Waals surface area (Å²) in [4.78, 5) is 0. The average Bonchev–Trinajstić information content (AvgIpc) is 2.15. The number of benzene rings is 1. The molecule has 3 N–H and O–H groups in total. The van der Waals surface area contributed by atoms with Crippen LogP contribution in [0.5, 0.6) is 5.75 Å². The monoisotopic (exact) mass is 206 g/mol. The van der Waals surface area contributed by atoms with Gasteiger partial charge in [0.05, 0.1) is 12.2 Å². The van der Waals surface area contributed by atoms with Crippen LogP contribution in [0.25, 0.3) is 0 Å². The molecule has 0 amide bonds. The lowest BCUT2D eigenvalue weighted by Gasteiger charge is -2.14. The fourth-order valence-corrected chi connectivity index (χ4v) is 1.31. The first-order valence-corrected chi connectivity index (χ1v) is 5.09. The lowest BCUT2D eigenvalue weighted by molar-refractivity contribution is 0.269. The van der Waals surface area contributed by atoms with E-state index in [9.17, 15) is 0 Å². The summed E-state index contributed by atoms with van der Waals surface area (Å²) in [7, 11) is 0. The number of nitrogen functional groups attached to an aromatic ring is 1. The molecular weight excluding hydrogens is 188 g/mol. The topological polar surface area (TPSA) is 59.1 Å². The van der Waals surface area contributed by atoms with E-state index < -0.39 is 0 Å².